The number of amides is 2. The van der Waals surface area contributed by atoms with Crippen LogP contribution in [0.2, 0.25) is 0 Å². The fourth-order valence-electron chi connectivity index (χ4n) is 3.76. The molecule has 0 aliphatic heterocycles. The van der Waals surface area contributed by atoms with Gasteiger partial charge in [0.05, 0.1) is 12.3 Å². The molecule has 1 aliphatic rings. The van der Waals surface area contributed by atoms with Gasteiger partial charge in [-0.25, -0.2) is 5.43 Å². The van der Waals surface area contributed by atoms with Gasteiger partial charge in [0.25, 0.3) is 11.8 Å². The third kappa shape index (κ3) is 4.56. The van der Waals surface area contributed by atoms with Gasteiger partial charge in [-0.05, 0) is 63.1 Å². The standard InChI is InChI=1S/C25H25N3O4/c1-3-31-19-14-12-18(13-15-19)26-25(30)23-16(2)22-20(10-7-11-21(22)32-23)27-28-24(29)17-8-5-4-6-9-17/h4-6,8-9,12-15H,3,7,10-11H2,1-2H3,(H,26,30)(H,28,29)/b27-20+. The highest BCUT2D eigenvalue weighted by atomic mass is 16.5. The van der Waals surface area contributed by atoms with Crippen LogP contribution in [0.1, 0.15) is 57.6 Å². The topological polar surface area (TPSA) is 92.9 Å². The van der Waals surface area contributed by atoms with Crippen LogP contribution in [0.15, 0.2) is 64.1 Å². The number of hydrogen-bond acceptors (Lipinski definition) is 5. The zero-order valence-electron chi connectivity index (χ0n) is 18.1. The second-order valence-corrected chi connectivity index (χ2v) is 7.48. The van der Waals surface area contributed by atoms with Gasteiger partial charge in [0, 0.05) is 28.8 Å². The molecule has 0 atom stereocenters. The fourth-order valence-corrected chi connectivity index (χ4v) is 3.76. The van der Waals surface area contributed by atoms with E-state index in [9.17, 15) is 9.59 Å². The van der Waals surface area contributed by atoms with Crippen molar-refractivity contribution in [3.63, 3.8) is 0 Å². The maximum atomic E-state index is 12.9. The Morgan fingerprint density at radius 2 is 1.78 bits per heavy atom. The van der Waals surface area contributed by atoms with Gasteiger partial charge in [-0.3, -0.25) is 9.59 Å². The number of aryl methyl sites for hydroxylation is 1. The summed E-state index contributed by atoms with van der Waals surface area (Å²) in [5, 5.41) is 7.22. The van der Waals surface area contributed by atoms with E-state index in [1.807, 2.05) is 19.9 Å². The molecule has 1 aliphatic carbocycles. The number of ether oxygens (including phenoxy) is 1. The third-order valence-corrected chi connectivity index (χ3v) is 5.28. The highest BCUT2D eigenvalue weighted by Crippen LogP contribution is 2.30. The Balaban J connectivity index is 1.52. The third-order valence-electron chi connectivity index (χ3n) is 5.28. The second-order valence-electron chi connectivity index (χ2n) is 7.48. The van der Waals surface area contributed by atoms with E-state index in [4.69, 9.17) is 9.15 Å². The van der Waals surface area contributed by atoms with Crippen molar-refractivity contribution < 1.29 is 18.7 Å². The minimum atomic E-state index is -0.325. The van der Waals surface area contributed by atoms with Crippen LogP contribution in [0.3, 0.4) is 0 Å². The summed E-state index contributed by atoms with van der Waals surface area (Å²) in [5.41, 5.74) is 6.05. The summed E-state index contributed by atoms with van der Waals surface area (Å²) in [6.07, 6.45) is 2.25. The van der Waals surface area contributed by atoms with Gasteiger partial charge in [0.15, 0.2) is 5.76 Å². The number of hydrazone groups is 1. The summed E-state index contributed by atoms with van der Waals surface area (Å²) in [7, 11) is 0. The van der Waals surface area contributed by atoms with Crippen LogP contribution in [0.25, 0.3) is 0 Å². The molecule has 1 heterocycles. The van der Waals surface area contributed by atoms with Crippen LogP contribution in [-0.2, 0) is 6.42 Å². The molecule has 1 aromatic heterocycles. The number of rotatable bonds is 6. The first-order valence-electron chi connectivity index (χ1n) is 10.7. The average Bonchev–Trinajstić information content (AvgIpc) is 3.17. The zero-order chi connectivity index (χ0) is 22.5. The summed E-state index contributed by atoms with van der Waals surface area (Å²) in [5.74, 6) is 1.12. The summed E-state index contributed by atoms with van der Waals surface area (Å²) in [4.78, 5) is 25.2. The van der Waals surface area contributed by atoms with E-state index in [1.54, 1.807) is 48.5 Å². The normalized spacial score (nSPS) is 14.0. The van der Waals surface area contributed by atoms with Gasteiger partial charge in [-0.15, -0.1) is 0 Å². The molecule has 2 amide bonds. The van der Waals surface area contributed by atoms with Gasteiger partial charge in [-0.1, -0.05) is 18.2 Å². The predicted molar refractivity (Wildman–Crippen MR) is 122 cm³/mol. The van der Waals surface area contributed by atoms with E-state index in [0.717, 1.165) is 41.2 Å². The van der Waals surface area contributed by atoms with Gasteiger partial charge in [0.2, 0.25) is 0 Å². The van der Waals surface area contributed by atoms with Crippen molar-refractivity contribution in [1.82, 2.24) is 5.43 Å². The second kappa shape index (κ2) is 9.51. The number of carbonyl (C=O) groups excluding carboxylic acids is 2. The lowest BCUT2D eigenvalue weighted by Gasteiger charge is -2.13. The molecular weight excluding hydrogens is 406 g/mol. The Hall–Kier alpha value is -3.87. The molecule has 32 heavy (non-hydrogen) atoms. The number of hydrogen-bond donors (Lipinski definition) is 2. The number of furan rings is 1. The van der Waals surface area contributed by atoms with E-state index in [0.29, 0.717) is 24.3 Å². The molecule has 2 aromatic carbocycles. The van der Waals surface area contributed by atoms with E-state index >= 15 is 0 Å². The van der Waals surface area contributed by atoms with Crippen LogP contribution >= 0.6 is 0 Å². The molecule has 0 unspecified atom stereocenters. The van der Waals surface area contributed by atoms with Gasteiger partial charge in [-0.2, -0.15) is 5.10 Å². The van der Waals surface area contributed by atoms with Gasteiger partial charge < -0.3 is 14.5 Å². The Bertz CT molecular complexity index is 1150. The quantitative estimate of drug-likeness (QED) is 0.553. The van der Waals surface area contributed by atoms with Crippen LogP contribution < -0.4 is 15.5 Å². The lowest BCUT2D eigenvalue weighted by atomic mass is 9.93. The van der Waals surface area contributed by atoms with Crippen molar-refractivity contribution >= 4 is 23.2 Å². The summed E-state index contributed by atoms with van der Waals surface area (Å²) in [6.45, 7) is 4.34. The Kier molecular flexibility index (Phi) is 6.35. The lowest BCUT2D eigenvalue weighted by Crippen LogP contribution is -2.22. The molecule has 3 aromatic rings. The van der Waals surface area contributed by atoms with Crippen molar-refractivity contribution in [3.05, 3.63) is 82.8 Å². The Labute approximate surface area is 186 Å². The molecule has 7 heteroatoms. The molecule has 0 bridgehead atoms. The van der Waals surface area contributed by atoms with Crippen LogP contribution in [-0.4, -0.2) is 24.1 Å². The lowest BCUT2D eigenvalue weighted by molar-refractivity contribution is 0.0953. The minimum Gasteiger partial charge on any atom is -0.494 e. The van der Waals surface area contributed by atoms with Crippen LogP contribution in [0.5, 0.6) is 5.75 Å². The number of anilines is 1. The van der Waals surface area contributed by atoms with E-state index in [1.165, 1.54) is 0 Å². The maximum Gasteiger partial charge on any atom is 0.291 e. The van der Waals surface area contributed by atoms with E-state index in [-0.39, 0.29) is 17.6 Å². The van der Waals surface area contributed by atoms with Crippen LogP contribution in [0, 0.1) is 6.92 Å². The minimum absolute atomic E-state index is 0.257. The average molecular weight is 431 g/mol. The first kappa shape index (κ1) is 21.4. The molecule has 164 valence electrons. The number of carbonyl (C=O) groups is 2. The van der Waals surface area contributed by atoms with Crippen molar-refractivity contribution in [3.8, 4) is 5.75 Å². The molecular formula is C25H25N3O4. The molecule has 7 nitrogen and oxygen atoms in total. The molecule has 0 spiro atoms. The van der Waals surface area contributed by atoms with Crippen molar-refractivity contribution in [1.29, 1.82) is 0 Å². The largest absolute Gasteiger partial charge is 0.494 e. The van der Waals surface area contributed by atoms with Crippen molar-refractivity contribution in [2.45, 2.75) is 33.1 Å². The number of benzene rings is 2. The monoisotopic (exact) mass is 431 g/mol. The van der Waals surface area contributed by atoms with Crippen molar-refractivity contribution in [2.75, 3.05) is 11.9 Å². The van der Waals surface area contributed by atoms with Gasteiger partial charge >= 0.3 is 0 Å². The summed E-state index contributed by atoms with van der Waals surface area (Å²) >= 11 is 0. The van der Waals surface area contributed by atoms with Gasteiger partial charge in [0.1, 0.15) is 11.5 Å². The molecule has 2 N–H and O–H groups in total. The number of nitrogens with one attached hydrogen (secondary N) is 2. The Morgan fingerprint density at radius 1 is 1.03 bits per heavy atom. The van der Waals surface area contributed by atoms with E-state index < -0.39 is 0 Å². The number of nitrogens with zero attached hydrogens (tertiary/aromatic N) is 1. The predicted octanol–water partition coefficient (Wildman–Crippen LogP) is 4.71. The maximum absolute atomic E-state index is 12.9. The molecule has 0 saturated carbocycles. The molecule has 0 fully saturated rings. The first-order valence-corrected chi connectivity index (χ1v) is 10.7. The SMILES string of the molecule is CCOc1ccc(NC(=O)c2oc3c(c2C)/C(=N/NC(=O)c2ccccc2)CCC3)cc1. The van der Waals surface area contributed by atoms with Crippen molar-refractivity contribution in [2.24, 2.45) is 5.10 Å². The molecule has 0 radical (unpaired) electrons. The highest BCUT2D eigenvalue weighted by Gasteiger charge is 2.28. The van der Waals surface area contributed by atoms with E-state index in [2.05, 4.69) is 15.8 Å². The molecule has 0 saturated heterocycles. The highest BCUT2D eigenvalue weighted by molar-refractivity contribution is 6.09. The smallest absolute Gasteiger partial charge is 0.291 e. The number of fused-ring (bicyclic) bond motifs is 1. The zero-order valence-corrected chi connectivity index (χ0v) is 18.1. The van der Waals surface area contributed by atoms with Crippen LogP contribution in [0.4, 0.5) is 5.69 Å². The Morgan fingerprint density at radius 3 is 2.50 bits per heavy atom. The summed E-state index contributed by atoms with van der Waals surface area (Å²) < 4.78 is 11.4. The molecule has 4 rings (SSSR count). The summed E-state index contributed by atoms with van der Waals surface area (Å²) in [6, 6.07) is 16.1. The fraction of sp³-hybridized carbons (Fsp3) is 0.240. The first-order chi connectivity index (χ1) is 15.6.